The van der Waals surface area contributed by atoms with Gasteiger partial charge in [0.1, 0.15) is 5.75 Å². The van der Waals surface area contributed by atoms with E-state index < -0.39 is 5.97 Å². The van der Waals surface area contributed by atoms with Crippen molar-refractivity contribution >= 4 is 21.9 Å². The summed E-state index contributed by atoms with van der Waals surface area (Å²) in [6.07, 6.45) is 0. The molecule has 4 heteroatoms. The van der Waals surface area contributed by atoms with Gasteiger partial charge in [0, 0.05) is 4.47 Å². The average Bonchev–Trinajstić information content (AvgIpc) is 2.31. The van der Waals surface area contributed by atoms with Gasteiger partial charge in [-0.3, -0.25) is 0 Å². The van der Waals surface area contributed by atoms with Gasteiger partial charge in [-0.05, 0) is 41.5 Å². The smallest absolute Gasteiger partial charge is 0.335 e. The fourth-order valence-electron chi connectivity index (χ4n) is 1.52. The topological polar surface area (TPSA) is 57.5 Å². The molecule has 0 amide bonds. The van der Waals surface area contributed by atoms with E-state index in [4.69, 9.17) is 5.11 Å². The maximum Gasteiger partial charge on any atom is 0.335 e. The second kappa shape index (κ2) is 4.59. The second-order valence-electron chi connectivity index (χ2n) is 3.55. The van der Waals surface area contributed by atoms with Gasteiger partial charge >= 0.3 is 5.97 Å². The number of carboxylic acid groups (broad SMARTS) is 1. The Bertz CT molecular complexity index is 561. The van der Waals surface area contributed by atoms with Gasteiger partial charge in [0.05, 0.1) is 5.56 Å². The lowest BCUT2D eigenvalue weighted by molar-refractivity contribution is 0.0697. The molecule has 0 spiro atoms. The second-order valence-corrected chi connectivity index (χ2v) is 4.40. The van der Waals surface area contributed by atoms with Crippen molar-refractivity contribution in [1.82, 2.24) is 0 Å². The minimum absolute atomic E-state index is 0.180. The summed E-state index contributed by atoms with van der Waals surface area (Å²) in [5, 5.41) is 18.1. The number of carbonyl (C=O) groups is 1. The third-order valence-corrected chi connectivity index (χ3v) is 3.08. The molecule has 3 nitrogen and oxygen atoms in total. The van der Waals surface area contributed by atoms with E-state index >= 15 is 0 Å². The number of hydrogen-bond donors (Lipinski definition) is 2. The van der Waals surface area contributed by atoms with Crippen LogP contribution in [0.5, 0.6) is 5.75 Å². The van der Waals surface area contributed by atoms with E-state index in [2.05, 4.69) is 15.9 Å². The van der Waals surface area contributed by atoms with E-state index in [1.807, 2.05) is 0 Å². The van der Waals surface area contributed by atoms with Gasteiger partial charge in [-0.15, -0.1) is 0 Å². The monoisotopic (exact) mass is 292 g/mol. The van der Waals surface area contributed by atoms with Crippen molar-refractivity contribution in [3.8, 4) is 16.9 Å². The summed E-state index contributed by atoms with van der Waals surface area (Å²) in [6, 6.07) is 11.4. The van der Waals surface area contributed by atoms with E-state index in [0.717, 1.165) is 15.6 Å². The first-order valence-electron chi connectivity index (χ1n) is 4.90. The number of rotatable bonds is 2. The van der Waals surface area contributed by atoms with Crippen molar-refractivity contribution in [2.24, 2.45) is 0 Å². The number of phenolic OH excluding ortho intramolecular Hbond substituents is 1. The number of carboxylic acids is 1. The first-order valence-corrected chi connectivity index (χ1v) is 5.69. The molecule has 0 saturated heterocycles. The van der Waals surface area contributed by atoms with Gasteiger partial charge in [0.15, 0.2) is 0 Å². The number of hydrogen-bond acceptors (Lipinski definition) is 2. The molecule has 2 aromatic rings. The summed E-state index contributed by atoms with van der Waals surface area (Å²) in [5.41, 5.74) is 1.86. The molecular weight excluding hydrogens is 284 g/mol. The lowest BCUT2D eigenvalue weighted by Crippen LogP contribution is -1.96. The number of aromatic hydroxyl groups is 1. The highest BCUT2D eigenvalue weighted by Gasteiger charge is 2.08. The van der Waals surface area contributed by atoms with E-state index in [0.29, 0.717) is 0 Å². The standard InChI is InChI=1S/C13H9BrO3/c14-12-6-3-9(13(16)17)7-11(12)8-1-4-10(15)5-2-8/h1-7,15H,(H,16,17). The number of halogens is 1. The molecular formula is C13H9BrO3. The van der Waals surface area contributed by atoms with Gasteiger partial charge < -0.3 is 10.2 Å². The van der Waals surface area contributed by atoms with Crippen LogP contribution in [-0.4, -0.2) is 16.2 Å². The first kappa shape index (κ1) is 11.7. The van der Waals surface area contributed by atoms with Crippen LogP contribution in [-0.2, 0) is 0 Å². The average molecular weight is 293 g/mol. The maximum absolute atomic E-state index is 10.9. The van der Waals surface area contributed by atoms with Gasteiger partial charge in [-0.25, -0.2) is 4.79 Å². The van der Waals surface area contributed by atoms with Crippen LogP contribution in [0.2, 0.25) is 0 Å². The highest BCUT2D eigenvalue weighted by Crippen LogP contribution is 2.30. The minimum Gasteiger partial charge on any atom is -0.508 e. The summed E-state index contributed by atoms with van der Waals surface area (Å²) in [4.78, 5) is 10.9. The van der Waals surface area contributed by atoms with Crippen LogP contribution >= 0.6 is 15.9 Å². The van der Waals surface area contributed by atoms with Gasteiger partial charge in [-0.2, -0.15) is 0 Å². The van der Waals surface area contributed by atoms with Crippen LogP contribution < -0.4 is 0 Å². The molecule has 0 aliphatic carbocycles. The lowest BCUT2D eigenvalue weighted by Gasteiger charge is -2.06. The molecule has 0 aliphatic heterocycles. The van der Waals surface area contributed by atoms with Crippen molar-refractivity contribution < 1.29 is 15.0 Å². The Morgan fingerprint density at radius 3 is 2.29 bits per heavy atom. The maximum atomic E-state index is 10.9. The predicted octanol–water partition coefficient (Wildman–Crippen LogP) is 3.52. The summed E-state index contributed by atoms with van der Waals surface area (Å²) in [7, 11) is 0. The predicted molar refractivity (Wildman–Crippen MR) is 68.2 cm³/mol. The molecule has 0 fully saturated rings. The number of benzene rings is 2. The van der Waals surface area contributed by atoms with Crippen LogP contribution in [0.25, 0.3) is 11.1 Å². The van der Waals surface area contributed by atoms with Crippen molar-refractivity contribution in [3.05, 3.63) is 52.5 Å². The van der Waals surface area contributed by atoms with Crippen LogP contribution in [0.4, 0.5) is 0 Å². The molecule has 2 rings (SSSR count). The SMILES string of the molecule is O=C(O)c1ccc(Br)c(-c2ccc(O)cc2)c1. The van der Waals surface area contributed by atoms with E-state index in [-0.39, 0.29) is 11.3 Å². The Balaban J connectivity index is 2.54. The normalized spacial score (nSPS) is 10.2. The van der Waals surface area contributed by atoms with Crippen LogP contribution in [0.3, 0.4) is 0 Å². The van der Waals surface area contributed by atoms with Crippen molar-refractivity contribution in [1.29, 1.82) is 0 Å². The van der Waals surface area contributed by atoms with Crippen LogP contribution in [0.15, 0.2) is 46.9 Å². The highest BCUT2D eigenvalue weighted by atomic mass is 79.9. The Morgan fingerprint density at radius 1 is 1.06 bits per heavy atom. The minimum atomic E-state index is -0.961. The third-order valence-electron chi connectivity index (χ3n) is 2.39. The fraction of sp³-hybridized carbons (Fsp3) is 0. The Kier molecular flexibility index (Phi) is 3.15. The molecule has 0 aromatic heterocycles. The molecule has 0 atom stereocenters. The molecule has 0 aliphatic rings. The van der Waals surface area contributed by atoms with E-state index in [9.17, 15) is 9.90 Å². The van der Waals surface area contributed by atoms with Gasteiger partial charge in [0.2, 0.25) is 0 Å². The molecule has 0 radical (unpaired) electrons. The van der Waals surface area contributed by atoms with Gasteiger partial charge in [0.25, 0.3) is 0 Å². The van der Waals surface area contributed by atoms with Crippen LogP contribution in [0, 0.1) is 0 Å². The largest absolute Gasteiger partial charge is 0.508 e. The molecule has 17 heavy (non-hydrogen) atoms. The molecule has 0 heterocycles. The lowest BCUT2D eigenvalue weighted by atomic mass is 10.0. The van der Waals surface area contributed by atoms with Crippen molar-refractivity contribution in [3.63, 3.8) is 0 Å². The van der Waals surface area contributed by atoms with E-state index in [1.54, 1.807) is 36.4 Å². The Labute approximate surface area is 106 Å². The summed E-state index contributed by atoms with van der Waals surface area (Å²) in [6.45, 7) is 0. The first-order chi connectivity index (χ1) is 8.08. The quantitative estimate of drug-likeness (QED) is 0.890. The molecule has 0 saturated carbocycles. The van der Waals surface area contributed by atoms with Crippen LogP contribution in [0.1, 0.15) is 10.4 Å². The molecule has 2 N–H and O–H groups in total. The summed E-state index contributed by atoms with van der Waals surface area (Å²) < 4.78 is 0.813. The zero-order chi connectivity index (χ0) is 12.4. The zero-order valence-electron chi connectivity index (χ0n) is 8.72. The Morgan fingerprint density at radius 2 is 1.71 bits per heavy atom. The Hall–Kier alpha value is -1.81. The highest BCUT2D eigenvalue weighted by molar-refractivity contribution is 9.10. The van der Waals surface area contributed by atoms with Gasteiger partial charge in [-0.1, -0.05) is 28.1 Å². The molecule has 86 valence electrons. The fourth-order valence-corrected chi connectivity index (χ4v) is 2.00. The third kappa shape index (κ3) is 2.47. The summed E-state index contributed by atoms with van der Waals surface area (Å²) in [5.74, 6) is -0.781. The molecule has 0 unspecified atom stereocenters. The summed E-state index contributed by atoms with van der Waals surface area (Å²) >= 11 is 3.38. The number of phenols is 1. The molecule has 0 bridgehead atoms. The number of aromatic carboxylic acids is 1. The van der Waals surface area contributed by atoms with Crippen molar-refractivity contribution in [2.45, 2.75) is 0 Å². The molecule has 2 aromatic carbocycles. The van der Waals surface area contributed by atoms with Crippen molar-refractivity contribution in [2.75, 3.05) is 0 Å². The zero-order valence-corrected chi connectivity index (χ0v) is 10.3. The van der Waals surface area contributed by atoms with E-state index in [1.165, 1.54) is 6.07 Å².